The number of hydrogen-bond acceptors (Lipinski definition) is 3. The summed E-state index contributed by atoms with van der Waals surface area (Å²) in [6.07, 6.45) is 9.11. The average molecular weight is 377 g/mol. The molecule has 3 amide bonds. The zero-order valence-corrected chi connectivity index (χ0v) is 17.3. The molecule has 3 rings (SSSR count). The van der Waals surface area contributed by atoms with Gasteiger partial charge in [0.25, 0.3) is 0 Å². The minimum Gasteiger partial charge on any atom is -0.337 e. The fourth-order valence-electron chi connectivity index (χ4n) is 5.69. The minimum absolute atomic E-state index is 0.00473. The van der Waals surface area contributed by atoms with Crippen molar-refractivity contribution in [2.75, 3.05) is 6.54 Å². The van der Waals surface area contributed by atoms with Crippen LogP contribution in [0.5, 0.6) is 0 Å². The van der Waals surface area contributed by atoms with Crippen molar-refractivity contribution in [3.05, 3.63) is 0 Å². The number of carbonyl (C=O) groups excluding carboxylic acids is 3. The summed E-state index contributed by atoms with van der Waals surface area (Å²) in [5.74, 6) is 1.26. The van der Waals surface area contributed by atoms with Gasteiger partial charge in [0.2, 0.25) is 17.7 Å². The van der Waals surface area contributed by atoms with E-state index in [4.69, 9.17) is 0 Å². The molecule has 2 bridgehead atoms. The van der Waals surface area contributed by atoms with Crippen molar-refractivity contribution in [3.63, 3.8) is 0 Å². The van der Waals surface area contributed by atoms with Crippen molar-refractivity contribution in [2.24, 2.45) is 17.8 Å². The zero-order chi connectivity index (χ0) is 19.6. The SMILES string of the molecule is CCC(CC)C1CC(=O)N(CCCCCC(=O)N2C3CCC(C3)C2C)C1=O. The first kappa shape index (κ1) is 20.3. The second-order valence-corrected chi connectivity index (χ2v) is 8.85. The lowest BCUT2D eigenvalue weighted by atomic mass is 9.87. The topological polar surface area (TPSA) is 57.7 Å². The molecule has 0 radical (unpaired) electrons. The number of fused-ring (bicyclic) bond motifs is 2. The lowest BCUT2D eigenvalue weighted by Crippen LogP contribution is -2.43. The maximum atomic E-state index is 12.6. The van der Waals surface area contributed by atoms with E-state index in [9.17, 15) is 14.4 Å². The highest BCUT2D eigenvalue weighted by atomic mass is 16.2. The Labute approximate surface area is 163 Å². The second kappa shape index (κ2) is 8.74. The molecule has 3 aliphatic rings. The monoisotopic (exact) mass is 376 g/mol. The van der Waals surface area contributed by atoms with Crippen LogP contribution < -0.4 is 0 Å². The van der Waals surface area contributed by atoms with E-state index in [2.05, 4.69) is 25.7 Å². The molecule has 5 nitrogen and oxygen atoms in total. The van der Waals surface area contributed by atoms with Gasteiger partial charge in [-0.05, 0) is 50.9 Å². The number of amides is 3. The standard InChI is InChI=1S/C22H36N2O3/c1-4-16(5-2)19-14-21(26)23(22(19)27)12-8-6-7-9-20(25)24-15(3)17-10-11-18(24)13-17/h15-19H,4-14H2,1-3H3. The van der Waals surface area contributed by atoms with E-state index in [1.165, 1.54) is 24.2 Å². The van der Waals surface area contributed by atoms with Gasteiger partial charge < -0.3 is 4.90 Å². The normalized spacial score (nSPS) is 30.2. The molecule has 2 saturated heterocycles. The van der Waals surface area contributed by atoms with E-state index in [0.717, 1.165) is 32.1 Å². The highest BCUT2D eigenvalue weighted by Crippen LogP contribution is 2.42. The Morgan fingerprint density at radius 3 is 2.48 bits per heavy atom. The van der Waals surface area contributed by atoms with Crippen LogP contribution in [0, 0.1) is 17.8 Å². The van der Waals surface area contributed by atoms with E-state index < -0.39 is 0 Å². The molecule has 0 N–H and O–H groups in total. The lowest BCUT2D eigenvalue weighted by Gasteiger charge is -2.33. The Kier molecular flexibility index (Phi) is 6.59. The molecule has 1 saturated carbocycles. The number of imide groups is 1. The molecule has 3 fully saturated rings. The third-order valence-corrected chi connectivity index (χ3v) is 7.42. The number of hydrogen-bond donors (Lipinski definition) is 0. The predicted molar refractivity (Wildman–Crippen MR) is 105 cm³/mol. The Morgan fingerprint density at radius 1 is 1.11 bits per heavy atom. The molecule has 0 aromatic carbocycles. The summed E-state index contributed by atoms with van der Waals surface area (Å²) < 4.78 is 0. The largest absolute Gasteiger partial charge is 0.337 e. The molecule has 27 heavy (non-hydrogen) atoms. The number of likely N-dealkylation sites (tertiary alicyclic amines) is 2. The van der Waals surface area contributed by atoms with Crippen molar-refractivity contribution in [1.29, 1.82) is 0 Å². The van der Waals surface area contributed by atoms with Crippen LogP contribution in [0.1, 0.15) is 85.0 Å². The summed E-state index contributed by atoms with van der Waals surface area (Å²) in [5, 5.41) is 0. The maximum absolute atomic E-state index is 12.6. The van der Waals surface area contributed by atoms with Crippen molar-refractivity contribution < 1.29 is 14.4 Å². The molecule has 4 unspecified atom stereocenters. The van der Waals surface area contributed by atoms with Crippen LogP contribution in [-0.4, -0.2) is 46.1 Å². The van der Waals surface area contributed by atoms with Gasteiger partial charge in [0.05, 0.1) is 5.92 Å². The van der Waals surface area contributed by atoms with Gasteiger partial charge in [-0.2, -0.15) is 0 Å². The van der Waals surface area contributed by atoms with Gasteiger partial charge in [0.15, 0.2) is 0 Å². The Morgan fingerprint density at radius 2 is 1.85 bits per heavy atom. The van der Waals surface area contributed by atoms with Gasteiger partial charge in [0, 0.05) is 31.5 Å². The van der Waals surface area contributed by atoms with Crippen molar-refractivity contribution in [1.82, 2.24) is 9.80 Å². The number of unbranched alkanes of at least 4 members (excludes halogenated alkanes) is 2. The smallest absolute Gasteiger partial charge is 0.233 e. The van der Waals surface area contributed by atoms with E-state index >= 15 is 0 Å². The maximum Gasteiger partial charge on any atom is 0.233 e. The van der Waals surface area contributed by atoms with Crippen LogP contribution in [0.2, 0.25) is 0 Å². The van der Waals surface area contributed by atoms with Crippen LogP contribution in [-0.2, 0) is 14.4 Å². The molecule has 0 aromatic rings. The summed E-state index contributed by atoms with van der Waals surface area (Å²) >= 11 is 0. The molecule has 152 valence electrons. The summed E-state index contributed by atoms with van der Waals surface area (Å²) in [4.78, 5) is 41.0. The van der Waals surface area contributed by atoms with Gasteiger partial charge in [-0.15, -0.1) is 0 Å². The predicted octanol–water partition coefficient (Wildman–Crippen LogP) is 3.76. The van der Waals surface area contributed by atoms with Crippen LogP contribution >= 0.6 is 0 Å². The number of nitrogens with zero attached hydrogens (tertiary/aromatic N) is 2. The van der Waals surface area contributed by atoms with E-state index in [1.54, 1.807) is 0 Å². The van der Waals surface area contributed by atoms with Crippen molar-refractivity contribution in [2.45, 2.75) is 97.1 Å². The first-order chi connectivity index (χ1) is 13.0. The van der Waals surface area contributed by atoms with Gasteiger partial charge in [-0.3, -0.25) is 19.3 Å². The van der Waals surface area contributed by atoms with Crippen LogP contribution in [0.4, 0.5) is 0 Å². The van der Waals surface area contributed by atoms with Gasteiger partial charge in [-0.1, -0.05) is 33.1 Å². The van der Waals surface area contributed by atoms with Gasteiger partial charge in [0.1, 0.15) is 0 Å². The Balaban J connectivity index is 1.37. The zero-order valence-electron chi connectivity index (χ0n) is 17.3. The van der Waals surface area contributed by atoms with Gasteiger partial charge >= 0.3 is 0 Å². The fourth-order valence-corrected chi connectivity index (χ4v) is 5.69. The molecule has 0 spiro atoms. The third-order valence-electron chi connectivity index (χ3n) is 7.42. The highest BCUT2D eigenvalue weighted by molar-refractivity contribution is 6.03. The molecule has 2 heterocycles. The third kappa shape index (κ3) is 4.07. The Bertz CT molecular complexity index is 570. The second-order valence-electron chi connectivity index (χ2n) is 8.85. The summed E-state index contributed by atoms with van der Waals surface area (Å²) in [5.41, 5.74) is 0. The molecule has 0 aromatic heterocycles. The first-order valence-corrected chi connectivity index (χ1v) is 11.1. The van der Waals surface area contributed by atoms with E-state index in [0.29, 0.717) is 49.2 Å². The molecule has 5 heteroatoms. The van der Waals surface area contributed by atoms with Crippen LogP contribution in [0.25, 0.3) is 0 Å². The van der Waals surface area contributed by atoms with Crippen molar-refractivity contribution >= 4 is 17.7 Å². The number of carbonyl (C=O) groups is 3. The van der Waals surface area contributed by atoms with E-state index in [-0.39, 0.29) is 17.7 Å². The highest BCUT2D eigenvalue weighted by Gasteiger charge is 2.45. The van der Waals surface area contributed by atoms with Crippen LogP contribution in [0.3, 0.4) is 0 Å². The lowest BCUT2D eigenvalue weighted by molar-refractivity contribution is -0.140. The molecule has 4 atom stereocenters. The number of piperidine rings is 1. The summed E-state index contributed by atoms with van der Waals surface area (Å²) in [6, 6.07) is 0.900. The molecular formula is C22H36N2O3. The fraction of sp³-hybridized carbons (Fsp3) is 0.864. The molecular weight excluding hydrogens is 340 g/mol. The average Bonchev–Trinajstić information content (AvgIpc) is 3.31. The van der Waals surface area contributed by atoms with Crippen LogP contribution in [0.15, 0.2) is 0 Å². The Hall–Kier alpha value is -1.39. The van der Waals surface area contributed by atoms with E-state index in [1.807, 2.05) is 0 Å². The molecule has 2 aliphatic heterocycles. The first-order valence-electron chi connectivity index (χ1n) is 11.1. The summed E-state index contributed by atoms with van der Waals surface area (Å²) in [6.45, 7) is 6.91. The minimum atomic E-state index is -0.110. The number of rotatable bonds is 9. The molecule has 1 aliphatic carbocycles. The van der Waals surface area contributed by atoms with Crippen molar-refractivity contribution in [3.8, 4) is 0 Å². The van der Waals surface area contributed by atoms with Gasteiger partial charge in [-0.25, -0.2) is 0 Å². The summed E-state index contributed by atoms with van der Waals surface area (Å²) in [7, 11) is 0. The quantitative estimate of drug-likeness (QED) is 0.455.